The lowest BCUT2D eigenvalue weighted by Crippen LogP contribution is -2.29. The van der Waals surface area contributed by atoms with Crippen molar-refractivity contribution in [3.63, 3.8) is 0 Å². The Morgan fingerprint density at radius 2 is 1.78 bits per heavy atom. The van der Waals surface area contributed by atoms with Gasteiger partial charge in [0.25, 0.3) is 5.78 Å². The van der Waals surface area contributed by atoms with Crippen molar-refractivity contribution >= 4 is 45.9 Å². The van der Waals surface area contributed by atoms with Crippen molar-refractivity contribution in [2.75, 3.05) is 25.2 Å². The summed E-state index contributed by atoms with van der Waals surface area (Å²) in [5, 5.41) is 11.5. The number of Topliss-reactive ketones (excluding diaryl/α,β-unsaturated/α-hetero) is 1. The van der Waals surface area contributed by atoms with Gasteiger partial charge in [0.2, 0.25) is 0 Å². The van der Waals surface area contributed by atoms with Gasteiger partial charge in [0.1, 0.15) is 16.4 Å². The van der Waals surface area contributed by atoms with Crippen LogP contribution in [-0.2, 0) is 19.1 Å². The van der Waals surface area contributed by atoms with Crippen LogP contribution in [0.1, 0.15) is 69.6 Å². The molecule has 1 amide bonds. The highest BCUT2D eigenvalue weighted by Crippen LogP contribution is 2.44. The molecule has 1 aromatic heterocycles. The smallest absolute Gasteiger partial charge is 0.350 e. The first-order valence-electron chi connectivity index (χ1n) is 13.1. The zero-order chi connectivity index (χ0) is 29.7. The number of carbonyl (C=O) groups is 4. The van der Waals surface area contributed by atoms with Gasteiger partial charge < -0.3 is 19.3 Å². The van der Waals surface area contributed by atoms with Crippen molar-refractivity contribution in [3.05, 3.63) is 81.4 Å². The van der Waals surface area contributed by atoms with Crippen LogP contribution in [0.3, 0.4) is 0 Å². The zero-order valence-electron chi connectivity index (χ0n) is 23.1. The molecule has 3 aromatic rings. The quantitative estimate of drug-likeness (QED) is 0.113. The lowest BCUT2D eigenvalue weighted by Gasteiger charge is -2.23. The highest BCUT2D eigenvalue weighted by Gasteiger charge is 2.48. The SMILES string of the molecule is CCCCOc1cccc(/C(O)=C2\C(=O)C(=O)N(c3nc(C)c(C(=O)OCC)s3)C2c2ccc(C(=O)OC)cc2)c1. The first-order valence-corrected chi connectivity index (χ1v) is 13.9. The van der Waals surface area contributed by atoms with Gasteiger partial charge >= 0.3 is 17.8 Å². The molecule has 4 rings (SSSR count). The molecule has 1 unspecified atom stereocenters. The van der Waals surface area contributed by atoms with Crippen LogP contribution in [0, 0.1) is 6.92 Å². The Balaban J connectivity index is 1.86. The number of anilines is 1. The number of aliphatic hydroxyl groups excluding tert-OH is 1. The Labute approximate surface area is 241 Å². The van der Waals surface area contributed by atoms with E-state index in [9.17, 15) is 24.3 Å². The van der Waals surface area contributed by atoms with Crippen LogP contribution < -0.4 is 9.64 Å². The van der Waals surface area contributed by atoms with Crippen molar-refractivity contribution < 1.29 is 38.5 Å². The number of ketones is 1. The van der Waals surface area contributed by atoms with E-state index in [2.05, 4.69) is 4.98 Å². The molecule has 0 aliphatic carbocycles. The van der Waals surface area contributed by atoms with Crippen molar-refractivity contribution in [1.82, 2.24) is 4.98 Å². The summed E-state index contributed by atoms with van der Waals surface area (Å²) < 4.78 is 15.6. The van der Waals surface area contributed by atoms with E-state index in [-0.39, 0.29) is 33.3 Å². The molecule has 10 nitrogen and oxygen atoms in total. The Hall–Kier alpha value is -4.51. The second-order valence-electron chi connectivity index (χ2n) is 9.14. The van der Waals surface area contributed by atoms with E-state index < -0.39 is 35.4 Å². The number of nitrogens with zero attached hydrogens (tertiary/aromatic N) is 2. The molecule has 1 saturated heterocycles. The van der Waals surface area contributed by atoms with E-state index in [1.54, 1.807) is 50.2 Å². The van der Waals surface area contributed by atoms with Gasteiger partial charge in [0.05, 0.1) is 43.2 Å². The van der Waals surface area contributed by atoms with Crippen molar-refractivity contribution in [1.29, 1.82) is 0 Å². The Morgan fingerprint density at radius 1 is 1.05 bits per heavy atom. The van der Waals surface area contributed by atoms with Crippen molar-refractivity contribution in [2.24, 2.45) is 0 Å². The summed E-state index contributed by atoms with van der Waals surface area (Å²) >= 11 is 0.913. The van der Waals surface area contributed by atoms with Gasteiger partial charge in [-0.15, -0.1) is 0 Å². The lowest BCUT2D eigenvalue weighted by molar-refractivity contribution is -0.132. The molecule has 11 heteroatoms. The third-order valence-corrected chi connectivity index (χ3v) is 7.56. The number of aryl methyl sites for hydroxylation is 1. The Morgan fingerprint density at radius 3 is 2.44 bits per heavy atom. The van der Waals surface area contributed by atoms with Crippen LogP contribution in [-0.4, -0.2) is 54.0 Å². The maximum absolute atomic E-state index is 13.5. The van der Waals surface area contributed by atoms with Gasteiger partial charge in [-0.05, 0) is 50.1 Å². The summed E-state index contributed by atoms with van der Waals surface area (Å²) in [5.41, 5.74) is 1.15. The molecule has 1 N–H and O–H groups in total. The van der Waals surface area contributed by atoms with Gasteiger partial charge in [-0.2, -0.15) is 0 Å². The summed E-state index contributed by atoms with van der Waals surface area (Å²) in [4.78, 5) is 57.3. The van der Waals surface area contributed by atoms with E-state index >= 15 is 0 Å². The van der Waals surface area contributed by atoms with Gasteiger partial charge in [-0.3, -0.25) is 14.5 Å². The van der Waals surface area contributed by atoms with Crippen LogP contribution in [0.5, 0.6) is 5.75 Å². The number of thiazole rings is 1. The van der Waals surface area contributed by atoms with Crippen LogP contribution in [0.4, 0.5) is 5.13 Å². The summed E-state index contributed by atoms with van der Waals surface area (Å²) in [7, 11) is 1.26. The normalized spacial score (nSPS) is 16.1. The van der Waals surface area contributed by atoms with E-state index in [4.69, 9.17) is 14.2 Å². The number of ether oxygens (including phenoxy) is 3. The molecular weight excluding hydrogens is 548 g/mol. The molecule has 41 heavy (non-hydrogen) atoms. The van der Waals surface area contributed by atoms with Crippen LogP contribution in [0.15, 0.2) is 54.1 Å². The van der Waals surface area contributed by atoms with Gasteiger partial charge in [0, 0.05) is 5.56 Å². The maximum atomic E-state index is 13.5. The van der Waals surface area contributed by atoms with Crippen molar-refractivity contribution in [2.45, 2.75) is 39.7 Å². The zero-order valence-corrected chi connectivity index (χ0v) is 23.9. The predicted octanol–water partition coefficient (Wildman–Crippen LogP) is 5.22. The van der Waals surface area contributed by atoms with E-state index in [0.717, 1.165) is 29.1 Å². The fourth-order valence-electron chi connectivity index (χ4n) is 4.36. The van der Waals surface area contributed by atoms with E-state index in [0.29, 0.717) is 23.6 Å². The molecule has 0 saturated carbocycles. The number of unbranched alkanes of at least 4 members (excludes halogenated alkanes) is 1. The average Bonchev–Trinajstić information content (AvgIpc) is 3.49. The van der Waals surface area contributed by atoms with Crippen LogP contribution >= 0.6 is 11.3 Å². The molecule has 1 atom stereocenters. The highest BCUT2D eigenvalue weighted by molar-refractivity contribution is 7.17. The maximum Gasteiger partial charge on any atom is 0.350 e. The first-order chi connectivity index (χ1) is 19.7. The molecule has 214 valence electrons. The number of methoxy groups -OCH3 is 1. The topological polar surface area (TPSA) is 132 Å². The van der Waals surface area contributed by atoms with Crippen molar-refractivity contribution in [3.8, 4) is 5.75 Å². The number of amides is 1. The highest BCUT2D eigenvalue weighted by atomic mass is 32.1. The number of esters is 2. The molecule has 2 heterocycles. The number of rotatable bonds is 10. The minimum atomic E-state index is -1.10. The van der Waals surface area contributed by atoms with Crippen LogP contribution in [0.2, 0.25) is 0 Å². The molecule has 0 radical (unpaired) electrons. The molecule has 2 aromatic carbocycles. The number of benzene rings is 2. The summed E-state index contributed by atoms with van der Waals surface area (Å²) in [6.45, 7) is 5.97. The van der Waals surface area contributed by atoms with Gasteiger partial charge in [-0.25, -0.2) is 14.6 Å². The molecule has 1 fully saturated rings. The molecular formula is C30H30N2O8S. The first kappa shape index (κ1) is 29.5. The average molecular weight is 579 g/mol. The fourth-order valence-corrected chi connectivity index (χ4v) is 5.35. The third kappa shape index (κ3) is 5.99. The second-order valence-corrected chi connectivity index (χ2v) is 10.1. The number of hydrogen-bond donors (Lipinski definition) is 1. The minimum Gasteiger partial charge on any atom is -0.507 e. The summed E-state index contributed by atoms with van der Waals surface area (Å²) in [5.74, 6) is -2.89. The minimum absolute atomic E-state index is 0.0883. The standard InChI is InChI=1S/C30H30N2O8S/c1-5-7-15-40-21-10-8-9-20(16-21)24(33)22-23(18-11-13-19(14-12-18)28(36)38-4)32(27(35)25(22)34)30-31-17(3)26(41-30)29(37)39-6-2/h8-14,16,23,33H,5-7,15H2,1-4H3/b24-22+. The Kier molecular flexibility index (Phi) is 9.18. The summed E-state index contributed by atoms with van der Waals surface area (Å²) in [6, 6.07) is 11.7. The molecule has 1 aliphatic heterocycles. The number of aromatic nitrogens is 1. The van der Waals surface area contributed by atoms with Crippen LogP contribution in [0.25, 0.3) is 5.76 Å². The second kappa shape index (κ2) is 12.8. The number of carbonyl (C=O) groups excluding carboxylic acids is 4. The summed E-state index contributed by atoms with van der Waals surface area (Å²) in [6.07, 6.45) is 1.80. The predicted molar refractivity (Wildman–Crippen MR) is 152 cm³/mol. The molecule has 1 aliphatic rings. The monoisotopic (exact) mass is 578 g/mol. The molecule has 0 bridgehead atoms. The largest absolute Gasteiger partial charge is 0.507 e. The van der Waals surface area contributed by atoms with Gasteiger partial charge in [0.15, 0.2) is 5.13 Å². The third-order valence-electron chi connectivity index (χ3n) is 6.42. The number of hydrogen-bond acceptors (Lipinski definition) is 10. The van der Waals surface area contributed by atoms with E-state index in [1.165, 1.54) is 19.2 Å². The van der Waals surface area contributed by atoms with E-state index in [1.807, 2.05) is 6.92 Å². The molecule has 0 spiro atoms. The fraction of sp³-hybridized carbons (Fsp3) is 0.300. The van der Waals surface area contributed by atoms with Gasteiger partial charge in [-0.1, -0.05) is 48.9 Å². The lowest BCUT2D eigenvalue weighted by atomic mass is 9.94. The number of aliphatic hydroxyl groups is 1. The Bertz CT molecular complexity index is 1510.